The van der Waals surface area contributed by atoms with Gasteiger partial charge in [-0.2, -0.15) is 0 Å². The zero-order chi connectivity index (χ0) is 17.4. The predicted octanol–water partition coefficient (Wildman–Crippen LogP) is 6.70. The van der Waals surface area contributed by atoms with Gasteiger partial charge in [0.25, 0.3) is 0 Å². The Morgan fingerprint density at radius 2 is 1.88 bits per heavy atom. The van der Waals surface area contributed by atoms with Crippen LogP contribution in [0.4, 0.5) is 0 Å². The van der Waals surface area contributed by atoms with Crippen molar-refractivity contribution < 1.29 is 9.53 Å². The molecule has 0 N–H and O–H groups in total. The van der Waals surface area contributed by atoms with E-state index in [9.17, 15) is 4.79 Å². The normalized spacial score (nSPS) is 20.8. The van der Waals surface area contributed by atoms with E-state index in [1.165, 1.54) is 38.5 Å². The lowest BCUT2D eigenvalue weighted by atomic mass is 9.80. The van der Waals surface area contributed by atoms with Crippen molar-refractivity contribution in [1.82, 2.24) is 0 Å². The molecule has 0 saturated heterocycles. The number of hydrogen-bond donors (Lipinski definition) is 1. The third kappa shape index (κ3) is 6.33. The number of hydrogen-bond acceptors (Lipinski definition) is 3. The topological polar surface area (TPSA) is 26.3 Å². The maximum Gasteiger partial charge on any atom is 0.314 e. The van der Waals surface area contributed by atoms with E-state index < -0.39 is 0 Å². The van der Waals surface area contributed by atoms with Crippen molar-refractivity contribution in [2.45, 2.75) is 76.0 Å². The van der Waals surface area contributed by atoms with Crippen LogP contribution in [0.1, 0.15) is 71.1 Å². The summed E-state index contributed by atoms with van der Waals surface area (Å²) in [5, 5.41) is 0.510. The van der Waals surface area contributed by atoms with Crippen LogP contribution in [0.3, 0.4) is 0 Å². The first kappa shape index (κ1) is 19.7. The number of ether oxygens (including phenoxy) is 1. The standard InChI is InChI=1S/C20H29ClO2S/c1-2-3-4-5-6-7-15-8-10-16(11-9-15)20(22)23-17-12-13-19(24)18(21)14-17/h12-16,24H,2-11H2,1H3. The molecule has 0 atom stereocenters. The number of benzene rings is 1. The molecule has 2 nitrogen and oxygen atoms in total. The molecule has 0 aromatic heterocycles. The van der Waals surface area contributed by atoms with E-state index in [0.29, 0.717) is 15.7 Å². The van der Waals surface area contributed by atoms with Crippen molar-refractivity contribution in [3.8, 4) is 5.75 Å². The first-order valence-corrected chi connectivity index (χ1v) is 10.1. The average Bonchev–Trinajstić information content (AvgIpc) is 2.58. The lowest BCUT2D eigenvalue weighted by Gasteiger charge is -2.27. The van der Waals surface area contributed by atoms with E-state index >= 15 is 0 Å². The molecular formula is C20H29ClO2S. The van der Waals surface area contributed by atoms with Gasteiger partial charge >= 0.3 is 5.97 Å². The summed E-state index contributed by atoms with van der Waals surface area (Å²) >= 11 is 10.2. The van der Waals surface area contributed by atoms with Gasteiger partial charge in [-0.1, -0.05) is 57.0 Å². The zero-order valence-corrected chi connectivity index (χ0v) is 16.2. The molecule has 1 fully saturated rings. The molecular weight excluding hydrogens is 340 g/mol. The highest BCUT2D eigenvalue weighted by Crippen LogP contribution is 2.33. The van der Waals surface area contributed by atoms with E-state index in [0.717, 1.165) is 31.6 Å². The molecule has 24 heavy (non-hydrogen) atoms. The summed E-state index contributed by atoms with van der Waals surface area (Å²) < 4.78 is 5.49. The number of esters is 1. The van der Waals surface area contributed by atoms with Gasteiger partial charge in [0.15, 0.2) is 0 Å². The van der Waals surface area contributed by atoms with Gasteiger partial charge in [0.2, 0.25) is 0 Å². The van der Waals surface area contributed by atoms with Crippen LogP contribution in [0.25, 0.3) is 0 Å². The van der Waals surface area contributed by atoms with Crippen LogP contribution in [0.15, 0.2) is 23.1 Å². The van der Waals surface area contributed by atoms with E-state index in [1.807, 2.05) is 0 Å². The average molecular weight is 369 g/mol. The van der Waals surface area contributed by atoms with Crippen LogP contribution in [0.5, 0.6) is 5.75 Å². The Bertz CT molecular complexity index is 524. The first-order valence-electron chi connectivity index (χ1n) is 9.30. The van der Waals surface area contributed by atoms with Gasteiger partial charge in [-0.3, -0.25) is 4.79 Å². The number of rotatable bonds is 8. The number of unbranched alkanes of at least 4 members (excludes halogenated alkanes) is 4. The molecule has 4 heteroatoms. The molecule has 0 aliphatic heterocycles. The summed E-state index contributed by atoms with van der Waals surface area (Å²) in [7, 11) is 0. The number of thiol groups is 1. The van der Waals surface area contributed by atoms with Gasteiger partial charge in [-0.15, -0.1) is 12.6 Å². The minimum Gasteiger partial charge on any atom is -0.426 e. The fourth-order valence-electron chi connectivity index (χ4n) is 3.47. The highest BCUT2D eigenvalue weighted by Gasteiger charge is 2.27. The number of carbonyl (C=O) groups excluding carboxylic acids is 1. The maximum atomic E-state index is 12.3. The molecule has 0 heterocycles. The summed E-state index contributed by atoms with van der Waals surface area (Å²) in [6.45, 7) is 2.25. The van der Waals surface area contributed by atoms with E-state index in [-0.39, 0.29) is 11.9 Å². The molecule has 0 bridgehead atoms. The van der Waals surface area contributed by atoms with Crippen LogP contribution in [0.2, 0.25) is 5.02 Å². The third-order valence-electron chi connectivity index (χ3n) is 5.03. The maximum absolute atomic E-state index is 12.3. The second-order valence-electron chi connectivity index (χ2n) is 6.95. The third-order valence-corrected chi connectivity index (χ3v) is 5.87. The van der Waals surface area contributed by atoms with Crippen molar-refractivity contribution in [3.63, 3.8) is 0 Å². The monoisotopic (exact) mass is 368 g/mol. The Kier molecular flexibility index (Phi) is 8.48. The van der Waals surface area contributed by atoms with Crippen LogP contribution < -0.4 is 4.74 Å². The van der Waals surface area contributed by atoms with Gasteiger partial charge < -0.3 is 4.74 Å². The number of carbonyl (C=O) groups is 1. The molecule has 1 aromatic rings. The Balaban J connectivity index is 1.69. The lowest BCUT2D eigenvalue weighted by Crippen LogP contribution is -2.25. The van der Waals surface area contributed by atoms with Crippen molar-refractivity contribution in [1.29, 1.82) is 0 Å². The van der Waals surface area contributed by atoms with E-state index in [2.05, 4.69) is 19.6 Å². The Morgan fingerprint density at radius 3 is 2.54 bits per heavy atom. The fourth-order valence-corrected chi connectivity index (χ4v) is 3.78. The largest absolute Gasteiger partial charge is 0.426 e. The SMILES string of the molecule is CCCCCCCC1CCC(C(=O)Oc2ccc(S)c(Cl)c2)CC1. The summed E-state index contributed by atoms with van der Waals surface area (Å²) in [5.74, 6) is 1.24. The zero-order valence-electron chi connectivity index (χ0n) is 14.6. The molecule has 0 unspecified atom stereocenters. The summed E-state index contributed by atoms with van der Waals surface area (Å²) in [6.07, 6.45) is 12.3. The van der Waals surface area contributed by atoms with Gasteiger partial charge in [0.05, 0.1) is 10.9 Å². The summed E-state index contributed by atoms with van der Waals surface area (Å²) in [4.78, 5) is 13.0. The minimum absolute atomic E-state index is 0.0378. The molecule has 134 valence electrons. The molecule has 1 aliphatic rings. The highest BCUT2D eigenvalue weighted by molar-refractivity contribution is 7.80. The van der Waals surface area contributed by atoms with Crippen LogP contribution in [-0.4, -0.2) is 5.97 Å². The van der Waals surface area contributed by atoms with Gasteiger partial charge in [0, 0.05) is 11.0 Å². The quantitative estimate of drug-likeness (QED) is 0.239. The fraction of sp³-hybridized carbons (Fsp3) is 0.650. The summed E-state index contributed by atoms with van der Waals surface area (Å²) in [6, 6.07) is 5.15. The second kappa shape index (κ2) is 10.4. The van der Waals surface area contributed by atoms with Crippen LogP contribution in [-0.2, 0) is 4.79 Å². The first-order chi connectivity index (χ1) is 11.6. The van der Waals surface area contributed by atoms with Crippen molar-refractivity contribution in [2.24, 2.45) is 11.8 Å². The Morgan fingerprint density at radius 1 is 1.17 bits per heavy atom. The highest BCUT2D eigenvalue weighted by atomic mass is 35.5. The minimum atomic E-state index is -0.112. The molecule has 0 spiro atoms. The van der Waals surface area contributed by atoms with Crippen molar-refractivity contribution in [2.75, 3.05) is 0 Å². The molecule has 2 rings (SSSR count). The lowest BCUT2D eigenvalue weighted by molar-refractivity contribution is -0.140. The van der Waals surface area contributed by atoms with E-state index in [1.54, 1.807) is 18.2 Å². The van der Waals surface area contributed by atoms with Gasteiger partial charge in [-0.05, 0) is 43.7 Å². The molecule has 0 radical (unpaired) electrons. The molecule has 1 aromatic carbocycles. The number of halogens is 1. The van der Waals surface area contributed by atoms with Crippen molar-refractivity contribution in [3.05, 3.63) is 23.2 Å². The molecule has 1 saturated carbocycles. The molecule has 0 amide bonds. The van der Waals surface area contributed by atoms with Crippen LogP contribution >= 0.6 is 24.2 Å². The van der Waals surface area contributed by atoms with Gasteiger partial charge in [0.1, 0.15) is 5.75 Å². The van der Waals surface area contributed by atoms with Crippen molar-refractivity contribution >= 4 is 30.2 Å². The smallest absolute Gasteiger partial charge is 0.314 e. The summed E-state index contributed by atoms with van der Waals surface area (Å²) in [5.41, 5.74) is 0. The second-order valence-corrected chi connectivity index (χ2v) is 7.84. The Hall–Kier alpha value is -0.670. The molecule has 1 aliphatic carbocycles. The Labute approximate surface area is 156 Å². The van der Waals surface area contributed by atoms with E-state index in [4.69, 9.17) is 16.3 Å². The predicted molar refractivity (Wildman–Crippen MR) is 103 cm³/mol. The van der Waals surface area contributed by atoms with Crippen LogP contribution in [0, 0.1) is 11.8 Å². The van der Waals surface area contributed by atoms with Gasteiger partial charge in [-0.25, -0.2) is 0 Å².